The van der Waals surface area contributed by atoms with Crippen molar-refractivity contribution in [2.24, 2.45) is 5.92 Å². The van der Waals surface area contributed by atoms with Crippen LogP contribution >= 0.6 is 11.6 Å². The first-order valence-corrected chi connectivity index (χ1v) is 10.9. The molecule has 9 heteroatoms. The first-order valence-electron chi connectivity index (χ1n) is 10.5. The van der Waals surface area contributed by atoms with Gasteiger partial charge < -0.3 is 15.0 Å². The molecule has 2 aliphatic heterocycles. The van der Waals surface area contributed by atoms with Crippen molar-refractivity contribution in [2.75, 3.05) is 38.2 Å². The summed E-state index contributed by atoms with van der Waals surface area (Å²) in [5, 5.41) is 2.49. The smallest absolute Gasteiger partial charge is 0.321 e. The molecular formula is C21H27ClF3N3O2. The fraction of sp³-hybridized carbons (Fsp3) is 0.667. The predicted molar refractivity (Wildman–Crippen MR) is 109 cm³/mol. The van der Waals surface area contributed by atoms with Crippen molar-refractivity contribution in [2.45, 2.75) is 50.1 Å². The summed E-state index contributed by atoms with van der Waals surface area (Å²) in [7, 11) is 0. The van der Waals surface area contributed by atoms with Gasteiger partial charge in [0.15, 0.2) is 5.82 Å². The third-order valence-corrected chi connectivity index (χ3v) is 6.48. The molecule has 1 atom stereocenters. The third-order valence-electron chi connectivity index (χ3n) is 6.19. The Morgan fingerprint density at radius 3 is 2.63 bits per heavy atom. The van der Waals surface area contributed by atoms with Crippen molar-refractivity contribution < 1.29 is 22.7 Å². The first kappa shape index (κ1) is 21.7. The molecule has 1 N–H and O–H groups in total. The van der Waals surface area contributed by atoms with Gasteiger partial charge in [-0.2, -0.15) is 0 Å². The third kappa shape index (κ3) is 5.21. The highest BCUT2D eigenvalue weighted by molar-refractivity contribution is 6.31. The van der Waals surface area contributed by atoms with E-state index in [0.717, 1.165) is 0 Å². The maximum Gasteiger partial charge on any atom is 0.321 e. The summed E-state index contributed by atoms with van der Waals surface area (Å²) in [6.07, 6.45) is 3.36. The molecule has 1 aromatic carbocycles. The van der Waals surface area contributed by atoms with Gasteiger partial charge in [0.1, 0.15) is 0 Å². The van der Waals surface area contributed by atoms with Gasteiger partial charge in [0.2, 0.25) is 0 Å². The lowest BCUT2D eigenvalue weighted by Crippen LogP contribution is -2.50. The molecule has 0 aromatic heterocycles. The van der Waals surface area contributed by atoms with Crippen LogP contribution in [0.15, 0.2) is 18.2 Å². The van der Waals surface area contributed by atoms with E-state index in [2.05, 4.69) is 5.32 Å². The fourth-order valence-corrected chi connectivity index (χ4v) is 4.53. The second kappa shape index (κ2) is 8.93. The van der Waals surface area contributed by atoms with E-state index in [1.165, 1.54) is 25.0 Å². The number of likely N-dealkylation sites (tertiary alicyclic amines) is 2. The Morgan fingerprint density at radius 1 is 1.20 bits per heavy atom. The number of amides is 2. The quantitative estimate of drug-likeness (QED) is 0.695. The Kier molecular flexibility index (Phi) is 6.46. The van der Waals surface area contributed by atoms with Gasteiger partial charge in [-0.3, -0.25) is 4.90 Å². The number of ether oxygens (including phenoxy) is 1. The van der Waals surface area contributed by atoms with Crippen LogP contribution in [0.1, 0.15) is 32.1 Å². The Morgan fingerprint density at radius 2 is 1.93 bits per heavy atom. The summed E-state index contributed by atoms with van der Waals surface area (Å²) >= 11 is 5.75. The van der Waals surface area contributed by atoms with Crippen LogP contribution in [0.5, 0.6) is 0 Å². The van der Waals surface area contributed by atoms with Gasteiger partial charge in [0, 0.05) is 38.2 Å². The lowest BCUT2D eigenvalue weighted by Gasteiger charge is -2.39. The minimum absolute atomic E-state index is 0.0140. The van der Waals surface area contributed by atoms with Crippen LogP contribution in [0.4, 0.5) is 23.7 Å². The summed E-state index contributed by atoms with van der Waals surface area (Å²) in [6, 6.07) is 3.71. The van der Waals surface area contributed by atoms with E-state index >= 15 is 0 Å². The van der Waals surface area contributed by atoms with Crippen LogP contribution in [0.2, 0.25) is 5.02 Å². The SMILES string of the molecule is O=C(Nc1cccc(Cl)c1F)N1CCC(N2CC(F)(F)C[C@H]2COCC2CC2)CC1. The predicted octanol–water partition coefficient (Wildman–Crippen LogP) is 4.61. The number of carbonyl (C=O) groups excluding carboxylic acids is 1. The summed E-state index contributed by atoms with van der Waals surface area (Å²) in [6.45, 7) is 1.59. The molecule has 0 spiro atoms. The standard InChI is InChI=1S/C21H27ClF3N3O2/c22-17-2-1-3-18(19(17)23)26-20(29)27-8-6-15(7-9-27)28-13-21(24,25)10-16(28)12-30-11-14-4-5-14/h1-3,14-16H,4-13H2,(H,26,29)/t16-/m0/s1. The molecule has 1 aliphatic carbocycles. The number of benzene rings is 1. The monoisotopic (exact) mass is 445 g/mol. The number of anilines is 1. The second-order valence-electron chi connectivity index (χ2n) is 8.62. The molecular weight excluding hydrogens is 419 g/mol. The van der Waals surface area contributed by atoms with Crippen LogP contribution in [-0.2, 0) is 4.74 Å². The lowest BCUT2D eigenvalue weighted by atomic mass is 10.0. The van der Waals surface area contributed by atoms with E-state index in [0.29, 0.717) is 45.1 Å². The highest BCUT2D eigenvalue weighted by atomic mass is 35.5. The number of urea groups is 1. The number of nitrogens with zero attached hydrogens (tertiary/aromatic N) is 2. The molecule has 166 valence electrons. The zero-order valence-corrected chi connectivity index (χ0v) is 17.5. The number of halogens is 4. The van der Waals surface area contributed by atoms with E-state index in [1.54, 1.807) is 11.0 Å². The molecule has 1 saturated carbocycles. The van der Waals surface area contributed by atoms with E-state index < -0.39 is 17.8 Å². The summed E-state index contributed by atoms with van der Waals surface area (Å²) in [5.74, 6) is -2.77. The number of rotatable bonds is 6. The number of hydrogen-bond acceptors (Lipinski definition) is 3. The summed E-state index contributed by atoms with van der Waals surface area (Å²) < 4.78 is 47.9. The minimum atomic E-state index is -2.70. The van der Waals surface area contributed by atoms with Crippen LogP contribution in [-0.4, -0.2) is 66.7 Å². The number of carbonyl (C=O) groups is 1. The zero-order valence-electron chi connectivity index (χ0n) is 16.8. The maximum absolute atomic E-state index is 14.1. The number of hydrogen-bond donors (Lipinski definition) is 1. The lowest BCUT2D eigenvalue weighted by molar-refractivity contribution is 0.00378. The Bertz CT molecular complexity index is 770. The van der Waals surface area contributed by atoms with E-state index in [-0.39, 0.29) is 35.8 Å². The van der Waals surface area contributed by atoms with Gasteiger partial charge in [0.25, 0.3) is 5.92 Å². The maximum atomic E-state index is 14.1. The molecule has 30 heavy (non-hydrogen) atoms. The molecule has 0 unspecified atom stereocenters. The zero-order chi connectivity index (χ0) is 21.3. The average Bonchev–Trinajstić information content (AvgIpc) is 3.48. The molecule has 3 fully saturated rings. The van der Waals surface area contributed by atoms with Gasteiger partial charge in [-0.15, -0.1) is 0 Å². The van der Waals surface area contributed by atoms with Crippen molar-refractivity contribution in [1.82, 2.24) is 9.80 Å². The van der Waals surface area contributed by atoms with E-state index in [1.807, 2.05) is 4.90 Å². The molecule has 4 rings (SSSR count). The van der Waals surface area contributed by atoms with Crippen molar-refractivity contribution >= 4 is 23.3 Å². The largest absolute Gasteiger partial charge is 0.380 e. The highest BCUT2D eigenvalue weighted by Gasteiger charge is 2.47. The Hall–Kier alpha value is -1.51. The Balaban J connectivity index is 1.30. The molecule has 2 amide bonds. The van der Waals surface area contributed by atoms with E-state index in [9.17, 15) is 18.0 Å². The minimum Gasteiger partial charge on any atom is -0.380 e. The van der Waals surface area contributed by atoms with Crippen molar-refractivity contribution in [3.05, 3.63) is 29.0 Å². The van der Waals surface area contributed by atoms with Crippen molar-refractivity contribution in [3.63, 3.8) is 0 Å². The van der Waals surface area contributed by atoms with Crippen LogP contribution in [0, 0.1) is 11.7 Å². The second-order valence-corrected chi connectivity index (χ2v) is 9.02. The van der Waals surface area contributed by atoms with Gasteiger partial charge in [-0.1, -0.05) is 17.7 Å². The molecule has 0 radical (unpaired) electrons. The summed E-state index contributed by atoms with van der Waals surface area (Å²) in [4.78, 5) is 15.9. The van der Waals surface area contributed by atoms with Gasteiger partial charge in [0.05, 0.1) is 23.9 Å². The topological polar surface area (TPSA) is 44.8 Å². The van der Waals surface area contributed by atoms with Crippen LogP contribution in [0.25, 0.3) is 0 Å². The normalized spacial score (nSPS) is 24.9. The number of alkyl halides is 2. The summed E-state index contributed by atoms with van der Waals surface area (Å²) in [5.41, 5.74) is 0.0293. The van der Waals surface area contributed by atoms with Crippen molar-refractivity contribution in [3.8, 4) is 0 Å². The number of nitrogens with one attached hydrogen (secondary N) is 1. The van der Waals surface area contributed by atoms with Crippen LogP contribution < -0.4 is 5.32 Å². The van der Waals surface area contributed by atoms with E-state index in [4.69, 9.17) is 16.3 Å². The molecule has 1 aromatic rings. The van der Waals surface area contributed by atoms with Gasteiger partial charge >= 0.3 is 6.03 Å². The fourth-order valence-electron chi connectivity index (χ4n) is 4.36. The van der Waals surface area contributed by atoms with Gasteiger partial charge in [-0.05, 0) is 43.7 Å². The van der Waals surface area contributed by atoms with Crippen molar-refractivity contribution in [1.29, 1.82) is 0 Å². The molecule has 5 nitrogen and oxygen atoms in total. The Labute approximate surface area is 179 Å². The first-order chi connectivity index (χ1) is 14.3. The average molecular weight is 446 g/mol. The molecule has 3 aliphatic rings. The molecule has 2 saturated heterocycles. The highest BCUT2D eigenvalue weighted by Crippen LogP contribution is 2.36. The molecule has 0 bridgehead atoms. The van der Waals surface area contributed by atoms with Crippen LogP contribution in [0.3, 0.4) is 0 Å². The number of piperidine rings is 1. The molecule has 2 heterocycles. The van der Waals surface area contributed by atoms with Gasteiger partial charge in [-0.25, -0.2) is 18.0 Å².